The first-order chi connectivity index (χ1) is 24.0. The van der Waals surface area contributed by atoms with Gasteiger partial charge in [0.05, 0.1) is 13.1 Å². The zero-order valence-electron chi connectivity index (χ0n) is 27.6. The maximum absolute atomic E-state index is 12.6. The van der Waals surface area contributed by atoms with Crippen molar-refractivity contribution in [1.82, 2.24) is 40.0 Å². The smallest absolute Gasteiger partial charge is 0.326 e. The molecular formula is C29H40N8O14Tc. The molecular weight excluding hydrogens is 782 g/mol. The van der Waals surface area contributed by atoms with Crippen LogP contribution in [0.3, 0.4) is 0 Å². The molecule has 22 nitrogen and oxygen atoms in total. The Hall–Kier alpha value is -5.41. The number of unbranched alkanes of at least 4 members (excludes halogenated alkanes) is 1. The van der Waals surface area contributed by atoms with Gasteiger partial charge < -0.3 is 55.7 Å². The first-order valence-corrected chi connectivity index (χ1v) is 15.5. The summed E-state index contributed by atoms with van der Waals surface area (Å²) in [6.07, 6.45) is 4.42. The minimum atomic E-state index is -1.67. The number of hydrogen-bond acceptors (Lipinski definition) is 11. The quantitative estimate of drug-likeness (QED) is 0.0533. The van der Waals surface area contributed by atoms with Crippen LogP contribution in [-0.2, 0) is 79.8 Å². The Labute approximate surface area is 308 Å². The summed E-state index contributed by atoms with van der Waals surface area (Å²) in [6, 6.07) is -5.88. The van der Waals surface area contributed by atoms with Crippen molar-refractivity contribution in [2.24, 2.45) is 0 Å². The minimum absolute atomic E-state index is 0. The molecule has 2 aromatic rings. The van der Waals surface area contributed by atoms with Gasteiger partial charge in [-0.3, -0.25) is 24.1 Å². The molecule has 9 N–H and O–H groups in total. The van der Waals surface area contributed by atoms with Gasteiger partial charge in [0.1, 0.15) is 42.9 Å². The molecule has 0 aliphatic rings. The van der Waals surface area contributed by atoms with E-state index in [4.69, 9.17) is 10.2 Å². The number of amides is 3. The number of aromatic nitrogens is 4. The van der Waals surface area contributed by atoms with Gasteiger partial charge in [-0.2, -0.15) is 0 Å². The van der Waals surface area contributed by atoms with Crippen molar-refractivity contribution in [3.8, 4) is 0 Å². The number of carboxylic acid groups (broad SMARTS) is 6. The molecule has 0 unspecified atom stereocenters. The summed E-state index contributed by atoms with van der Waals surface area (Å²) in [4.78, 5) is 103. The van der Waals surface area contributed by atoms with Crippen LogP contribution in [0.15, 0.2) is 24.8 Å². The van der Waals surface area contributed by atoms with Gasteiger partial charge in [0.25, 0.3) is 0 Å². The maximum Gasteiger partial charge on any atom is 0.326 e. The van der Waals surface area contributed by atoms with Crippen molar-refractivity contribution >= 4 is 47.8 Å². The third kappa shape index (κ3) is 16.5. The topological polar surface area (TPSA) is 333 Å². The van der Waals surface area contributed by atoms with Crippen LogP contribution in [0, 0.1) is 0 Å². The van der Waals surface area contributed by atoms with E-state index in [1.54, 1.807) is 0 Å². The van der Waals surface area contributed by atoms with Gasteiger partial charge in [-0.15, -0.1) is 0 Å². The summed E-state index contributed by atoms with van der Waals surface area (Å²) >= 11 is 0. The van der Waals surface area contributed by atoms with E-state index in [1.807, 2.05) is 15.5 Å². The average molecular weight is 823 g/mol. The number of urea groups is 1. The van der Waals surface area contributed by atoms with Gasteiger partial charge in [0.2, 0.25) is 5.91 Å². The largest absolute Gasteiger partial charge is 0.481 e. The molecule has 287 valence electrons. The summed E-state index contributed by atoms with van der Waals surface area (Å²) in [5, 5.41) is 61.7. The number of nitrogens with zero attached hydrogens (tertiary/aromatic N) is 5. The summed E-state index contributed by atoms with van der Waals surface area (Å²) in [5.41, 5.74) is 0. The van der Waals surface area contributed by atoms with Crippen LogP contribution in [0.1, 0.15) is 56.6 Å². The number of imidazole rings is 2. The number of carbonyl (C=O) groups excluding carboxylic acids is 2. The summed E-state index contributed by atoms with van der Waals surface area (Å²) in [6.45, 7) is -0.0713. The third-order valence-corrected chi connectivity index (χ3v) is 7.31. The van der Waals surface area contributed by atoms with Crippen molar-refractivity contribution in [3.63, 3.8) is 0 Å². The molecule has 52 heavy (non-hydrogen) atoms. The predicted molar refractivity (Wildman–Crippen MR) is 168 cm³/mol. The van der Waals surface area contributed by atoms with Crippen molar-refractivity contribution in [2.75, 3.05) is 6.54 Å². The van der Waals surface area contributed by atoms with Crippen molar-refractivity contribution in [2.45, 2.75) is 89.3 Å². The number of aliphatic carboxylic acids is 6. The van der Waals surface area contributed by atoms with Crippen LogP contribution in [-0.4, -0.2) is 127 Å². The number of carbonyl (C=O) groups is 8. The van der Waals surface area contributed by atoms with E-state index in [9.17, 15) is 58.8 Å². The molecule has 3 atom stereocenters. The molecule has 2 heterocycles. The normalized spacial score (nSPS) is 12.5. The van der Waals surface area contributed by atoms with Gasteiger partial charge in [0.15, 0.2) is 0 Å². The predicted octanol–water partition coefficient (Wildman–Crippen LogP) is -1.16. The zero-order chi connectivity index (χ0) is 38.1. The summed E-state index contributed by atoms with van der Waals surface area (Å²) in [7, 11) is 0. The van der Waals surface area contributed by atoms with Crippen LogP contribution in [0.5, 0.6) is 0 Å². The van der Waals surface area contributed by atoms with E-state index in [-0.39, 0.29) is 59.1 Å². The van der Waals surface area contributed by atoms with Crippen molar-refractivity contribution in [3.05, 3.63) is 36.4 Å². The maximum atomic E-state index is 12.6. The Morgan fingerprint density at radius 1 is 0.615 bits per heavy atom. The SMILES string of the molecule is O=C(O)CC[C@H](NC(=O)N[C@@H](CCC(=O)N[C@@H](CCCCN(Cc1nccn1CC(=O)O)Cc1nccn1CC(=O)O)C(=O)O)C(=O)O)C(=O)O.[Tc]. The Morgan fingerprint density at radius 2 is 1.06 bits per heavy atom. The third-order valence-electron chi connectivity index (χ3n) is 7.31. The molecule has 0 saturated carbocycles. The molecule has 23 heteroatoms. The van der Waals surface area contributed by atoms with Gasteiger partial charge in [-0.25, -0.2) is 29.1 Å². The van der Waals surface area contributed by atoms with Crippen LogP contribution in [0.25, 0.3) is 0 Å². The molecule has 3 amide bonds. The molecule has 2 rings (SSSR count). The number of hydrogen-bond donors (Lipinski definition) is 9. The van der Waals surface area contributed by atoms with Gasteiger partial charge in [-0.05, 0) is 38.6 Å². The first-order valence-electron chi connectivity index (χ1n) is 15.5. The molecule has 0 spiro atoms. The van der Waals surface area contributed by atoms with E-state index in [0.717, 1.165) is 0 Å². The van der Waals surface area contributed by atoms with Crippen LogP contribution < -0.4 is 16.0 Å². The molecule has 0 fully saturated rings. The summed E-state index contributed by atoms with van der Waals surface area (Å²) < 4.78 is 2.86. The fourth-order valence-electron chi connectivity index (χ4n) is 4.80. The standard InChI is InChI=1S/C29H40N8O14.Tc/c38-22(6-4-18(27(47)48)33-29(51)34-19(28(49)50)5-7-23(39)40)32-17(26(45)46)3-1-2-10-35(13-20-30-8-11-36(20)15-24(41)42)14-21-31-9-12-37(21)16-25(43)44;/h8-9,11-12,17-19H,1-7,10,13-16H2,(H,32,38)(H,39,40)(H,41,42)(H,43,44)(H,45,46)(H,47,48)(H,49,50)(H2,33,34,51);/t17-,18-,19-;/m0./s1. The van der Waals surface area contributed by atoms with Crippen molar-refractivity contribution in [1.29, 1.82) is 0 Å². The number of carboxylic acids is 6. The zero-order valence-corrected chi connectivity index (χ0v) is 29.4. The monoisotopic (exact) mass is 821 g/mol. The fourth-order valence-corrected chi connectivity index (χ4v) is 4.80. The van der Waals surface area contributed by atoms with Crippen molar-refractivity contribution < 1.29 is 89.1 Å². The molecule has 0 saturated heterocycles. The molecule has 0 bridgehead atoms. The number of rotatable bonds is 25. The Balaban J connectivity index is 0.0000135. The number of nitrogens with one attached hydrogen (secondary N) is 3. The van der Waals surface area contributed by atoms with Crippen LogP contribution >= 0.6 is 0 Å². The fraction of sp³-hybridized carbons (Fsp3) is 0.517. The molecule has 0 aliphatic heterocycles. The van der Waals surface area contributed by atoms with Gasteiger partial charge in [0, 0.05) is 57.7 Å². The van der Waals surface area contributed by atoms with Gasteiger partial charge >= 0.3 is 41.8 Å². The Bertz CT molecular complexity index is 1510. The Morgan fingerprint density at radius 3 is 1.48 bits per heavy atom. The molecule has 1 radical (unpaired) electrons. The van der Waals surface area contributed by atoms with E-state index in [2.05, 4.69) is 15.3 Å². The average Bonchev–Trinajstić information content (AvgIpc) is 3.65. The summed E-state index contributed by atoms with van der Waals surface area (Å²) in [5.74, 6) is -7.96. The second-order valence-corrected chi connectivity index (χ2v) is 11.3. The molecule has 2 aromatic heterocycles. The van der Waals surface area contributed by atoms with E-state index >= 15 is 0 Å². The van der Waals surface area contributed by atoms with E-state index in [0.29, 0.717) is 24.6 Å². The van der Waals surface area contributed by atoms with Crippen LogP contribution in [0.4, 0.5) is 4.79 Å². The second-order valence-electron chi connectivity index (χ2n) is 11.3. The first kappa shape index (κ1) is 44.6. The Kier molecular flexibility index (Phi) is 19.2. The van der Waals surface area contributed by atoms with Crippen LogP contribution in [0.2, 0.25) is 0 Å². The van der Waals surface area contributed by atoms with E-state index in [1.165, 1.54) is 33.9 Å². The minimum Gasteiger partial charge on any atom is -0.481 e. The molecule has 0 aliphatic carbocycles. The second kappa shape index (κ2) is 22.4. The van der Waals surface area contributed by atoms with E-state index < -0.39 is 91.6 Å². The van der Waals surface area contributed by atoms with Gasteiger partial charge in [-0.1, -0.05) is 0 Å². The molecule has 0 aromatic carbocycles.